The lowest BCUT2D eigenvalue weighted by Crippen LogP contribution is -2.38. The molecule has 0 unspecified atom stereocenters. The van der Waals surface area contributed by atoms with E-state index >= 15 is 0 Å². The second kappa shape index (κ2) is 5.31. The standard InChI is InChI=1S/C13H14BrNOS2/c14-8-9-1-4-15(5-2-9)13(16)12-7-11-10(18-12)3-6-17-11/h3,6-7,9H,1-2,4-5,8H2. The minimum absolute atomic E-state index is 0.219. The van der Waals surface area contributed by atoms with Crippen LogP contribution in [0.4, 0.5) is 0 Å². The van der Waals surface area contributed by atoms with Gasteiger partial charge in [0.1, 0.15) is 0 Å². The van der Waals surface area contributed by atoms with Gasteiger partial charge in [-0.15, -0.1) is 22.7 Å². The third-order valence-corrected chi connectivity index (χ3v) is 6.47. The van der Waals surface area contributed by atoms with Gasteiger partial charge >= 0.3 is 0 Å². The van der Waals surface area contributed by atoms with Crippen LogP contribution < -0.4 is 0 Å². The van der Waals surface area contributed by atoms with E-state index < -0.39 is 0 Å². The summed E-state index contributed by atoms with van der Waals surface area (Å²) in [5, 5.41) is 3.14. The van der Waals surface area contributed by atoms with Crippen LogP contribution in [0.2, 0.25) is 0 Å². The Kier molecular flexibility index (Phi) is 3.73. The first-order valence-corrected chi connectivity index (χ1v) is 8.92. The number of piperidine rings is 1. The Morgan fingerprint density at radius 1 is 1.39 bits per heavy atom. The fourth-order valence-corrected chi connectivity index (χ4v) is 5.04. The van der Waals surface area contributed by atoms with Crippen LogP contribution in [0.25, 0.3) is 9.40 Å². The van der Waals surface area contributed by atoms with E-state index in [-0.39, 0.29) is 5.91 Å². The van der Waals surface area contributed by atoms with E-state index in [4.69, 9.17) is 0 Å². The van der Waals surface area contributed by atoms with Crippen LogP contribution in [-0.2, 0) is 0 Å². The Labute approximate surface area is 123 Å². The molecule has 18 heavy (non-hydrogen) atoms. The van der Waals surface area contributed by atoms with Gasteiger partial charge in [0.25, 0.3) is 5.91 Å². The summed E-state index contributed by atoms with van der Waals surface area (Å²) in [6.07, 6.45) is 2.24. The number of likely N-dealkylation sites (tertiary alicyclic amines) is 1. The number of fused-ring (bicyclic) bond motifs is 1. The highest BCUT2D eigenvalue weighted by molar-refractivity contribution is 9.09. The molecule has 0 aromatic carbocycles. The number of hydrogen-bond acceptors (Lipinski definition) is 3. The molecular weight excluding hydrogens is 330 g/mol. The molecule has 1 aliphatic rings. The van der Waals surface area contributed by atoms with Crippen molar-refractivity contribution in [1.29, 1.82) is 0 Å². The van der Waals surface area contributed by atoms with Crippen molar-refractivity contribution in [2.24, 2.45) is 5.92 Å². The van der Waals surface area contributed by atoms with E-state index in [2.05, 4.69) is 27.4 Å². The van der Waals surface area contributed by atoms with Crippen LogP contribution >= 0.6 is 38.6 Å². The van der Waals surface area contributed by atoms with Crippen molar-refractivity contribution in [2.45, 2.75) is 12.8 Å². The number of thiophene rings is 2. The lowest BCUT2D eigenvalue weighted by molar-refractivity contribution is 0.0704. The third kappa shape index (κ3) is 2.36. The summed E-state index contributed by atoms with van der Waals surface area (Å²) < 4.78 is 2.47. The second-order valence-electron chi connectivity index (χ2n) is 4.65. The number of alkyl halides is 1. The van der Waals surface area contributed by atoms with Crippen molar-refractivity contribution < 1.29 is 4.79 Å². The number of carbonyl (C=O) groups excluding carboxylic acids is 1. The van der Waals surface area contributed by atoms with Crippen LogP contribution in [0.1, 0.15) is 22.5 Å². The summed E-state index contributed by atoms with van der Waals surface area (Å²) in [6, 6.07) is 4.14. The highest BCUT2D eigenvalue weighted by Gasteiger charge is 2.24. The summed E-state index contributed by atoms with van der Waals surface area (Å²) >= 11 is 6.86. The number of rotatable bonds is 2. The fraction of sp³-hybridized carbons (Fsp3) is 0.462. The maximum Gasteiger partial charge on any atom is 0.263 e. The number of halogens is 1. The van der Waals surface area contributed by atoms with Crippen molar-refractivity contribution in [2.75, 3.05) is 18.4 Å². The number of amides is 1. The molecule has 1 aliphatic heterocycles. The second-order valence-corrected chi connectivity index (χ2v) is 7.33. The Morgan fingerprint density at radius 3 is 2.83 bits per heavy atom. The maximum atomic E-state index is 12.4. The zero-order valence-corrected chi connectivity index (χ0v) is 13.1. The van der Waals surface area contributed by atoms with Gasteiger partial charge in [-0.05, 0) is 36.3 Å². The Balaban J connectivity index is 1.73. The Hall–Kier alpha value is -0.390. The SMILES string of the molecule is O=C(c1cc2sccc2s1)N1CCC(CBr)CC1. The molecule has 0 radical (unpaired) electrons. The van der Waals surface area contributed by atoms with Crippen molar-refractivity contribution in [3.63, 3.8) is 0 Å². The molecule has 0 N–H and O–H groups in total. The molecule has 0 aliphatic carbocycles. The summed E-state index contributed by atoms with van der Waals surface area (Å²) in [7, 11) is 0. The molecule has 2 aromatic heterocycles. The van der Waals surface area contributed by atoms with Gasteiger partial charge in [-0.2, -0.15) is 0 Å². The number of carbonyl (C=O) groups is 1. The summed E-state index contributed by atoms with van der Waals surface area (Å²) in [5.74, 6) is 0.956. The van der Waals surface area contributed by atoms with Gasteiger partial charge in [0.2, 0.25) is 0 Å². The van der Waals surface area contributed by atoms with E-state index in [0.29, 0.717) is 0 Å². The average Bonchev–Trinajstić information content (AvgIpc) is 2.99. The minimum Gasteiger partial charge on any atom is -0.338 e. The highest BCUT2D eigenvalue weighted by atomic mass is 79.9. The number of nitrogens with zero attached hydrogens (tertiary/aromatic N) is 1. The smallest absolute Gasteiger partial charge is 0.263 e. The minimum atomic E-state index is 0.219. The monoisotopic (exact) mass is 343 g/mol. The highest BCUT2D eigenvalue weighted by Crippen LogP contribution is 2.31. The van der Waals surface area contributed by atoms with Gasteiger partial charge in [0.05, 0.1) is 4.88 Å². The molecule has 2 aromatic rings. The zero-order valence-electron chi connectivity index (χ0n) is 9.89. The lowest BCUT2D eigenvalue weighted by Gasteiger charge is -2.30. The van der Waals surface area contributed by atoms with Crippen molar-refractivity contribution in [1.82, 2.24) is 4.90 Å². The molecule has 5 heteroatoms. The first-order chi connectivity index (χ1) is 8.78. The molecule has 2 nitrogen and oxygen atoms in total. The molecular formula is C13H14BrNOS2. The molecule has 3 rings (SSSR count). The predicted molar refractivity (Wildman–Crippen MR) is 82.1 cm³/mol. The van der Waals surface area contributed by atoms with Crippen LogP contribution in [0, 0.1) is 5.92 Å². The van der Waals surface area contributed by atoms with E-state index in [1.165, 1.54) is 9.40 Å². The molecule has 0 spiro atoms. The summed E-state index contributed by atoms with van der Waals surface area (Å²) in [4.78, 5) is 15.3. The first kappa shape index (κ1) is 12.6. The normalized spacial score (nSPS) is 17.5. The van der Waals surface area contributed by atoms with Gasteiger partial charge in [0, 0.05) is 27.8 Å². The molecule has 1 saturated heterocycles. The molecule has 3 heterocycles. The molecule has 1 fully saturated rings. The van der Waals surface area contributed by atoms with Gasteiger partial charge in [-0.3, -0.25) is 4.79 Å². The van der Waals surface area contributed by atoms with E-state index in [9.17, 15) is 4.79 Å². The van der Waals surface area contributed by atoms with Crippen molar-refractivity contribution in [3.8, 4) is 0 Å². The maximum absolute atomic E-state index is 12.4. The Morgan fingerprint density at radius 2 is 2.17 bits per heavy atom. The molecule has 0 bridgehead atoms. The number of hydrogen-bond donors (Lipinski definition) is 0. The molecule has 96 valence electrons. The molecule has 0 atom stereocenters. The van der Waals surface area contributed by atoms with Gasteiger partial charge in [-0.1, -0.05) is 15.9 Å². The van der Waals surface area contributed by atoms with E-state index in [0.717, 1.165) is 42.1 Å². The van der Waals surface area contributed by atoms with Gasteiger partial charge in [0.15, 0.2) is 0 Å². The summed E-state index contributed by atoms with van der Waals surface area (Å²) in [6.45, 7) is 1.81. The molecule has 1 amide bonds. The van der Waals surface area contributed by atoms with Crippen molar-refractivity contribution >= 4 is 53.9 Å². The first-order valence-electron chi connectivity index (χ1n) is 6.10. The van der Waals surface area contributed by atoms with E-state index in [1.807, 2.05) is 11.0 Å². The van der Waals surface area contributed by atoms with Crippen LogP contribution in [0.5, 0.6) is 0 Å². The average molecular weight is 344 g/mol. The fourth-order valence-electron chi connectivity index (χ4n) is 2.32. The lowest BCUT2D eigenvalue weighted by atomic mass is 9.99. The van der Waals surface area contributed by atoms with E-state index in [1.54, 1.807) is 22.7 Å². The van der Waals surface area contributed by atoms with Gasteiger partial charge < -0.3 is 4.90 Å². The Bertz CT molecular complexity index is 526. The largest absolute Gasteiger partial charge is 0.338 e. The summed E-state index contributed by atoms with van der Waals surface area (Å²) in [5.41, 5.74) is 0. The predicted octanol–water partition coefficient (Wildman–Crippen LogP) is 4.21. The zero-order chi connectivity index (χ0) is 12.5. The van der Waals surface area contributed by atoms with Crippen LogP contribution in [-0.4, -0.2) is 29.2 Å². The topological polar surface area (TPSA) is 20.3 Å². The van der Waals surface area contributed by atoms with Crippen LogP contribution in [0.3, 0.4) is 0 Å². The quantitative estimate of drug-likeness (QED) is 0.748. The molecule has 0 saturated carbocycles. The van der Waals surface area contributed by atoms with Gasteiger partial charge in [-0.25, -0.2) is 0 Å². The van der Waals surface area contributed by atoms with Crippen LogP contribution in [0.15, 0.2) is 17.5 Å². The van der Waals surface area contributed by atoms with Crippen molar-refractivity contribution in [3.05, 3.63) is 22.4 Å². The third-order valence-electron chi connectivity index (χ3n) is 3.47.